The van der Waals surface area contributed by atoms with Gasteiger partial charge in [-0.3, -0.25) is 15.1 Å². The fourth-order valence-electron chi connectivity index (χ4n) is 2.82. The number of nitrogens with one attached hydrogen (secondary N) is 3. The molecule has 5 heteroatoms. The third kappa shape index (κ3) is 3.95. The summed E-state index contributed by atoms with van der Waals surface area (Å²) < 4.78 is 0. The summed E-state index contributed by atoms with van der Waals surface area (Å²) in [5.74, 6) is 0.177. The lowest BCUT2D eigenvalue weighted by Gasteiger charge is -2.29. The van der Waals surface area contributed by atoms with Crippen LogP contribution in [0.3, 0.4) is 0 Å². The van der Waals surface area contributed by atoms with Crippen LogP contribution in [0.2, 0.25) is 0 Å². The first-order valence-corrected chi connectivity index (χ1v) is 8.35. The number of carbonyl (C=O) groups excluding carboxylic acids is 1. The summed E-state index contributed by atoms with van der Waals surface area (Å²) in [7, 11) is 0. The van der Waals surface area contributed by atoms with Crippen molar-refractivity contribution in [1.29, 1.82) is 5.41 Å². The fraction of sp³-hybridized carbons (Fsp3) is 0.200. The third-order valence-corrected chi connectivity index (χ3v) is 4.20. The van der Waals surface area contributed by atoms with Crippen LogP contribution in [0, 0.1) is 5.41 Å². The van der Waals surface area contributed by atoms with E-state index in [1.807, 2.05) is 67.6 Å². The molecule has 3 rings (SSSR count). The maximum absolute atomic E-state index is 12.1. The second kappa shape index (κ2) is 7.77. The molecule has 2 aromatic rings. The molecular formula is C20H22N4O. The summed E-state index contributed by atoms with van der Waals surface area (Å²) in [6.45, 7) is 3.38. The number of hydrogen-bond donors (Lipinski definition) is 3. The van der Waals surface area contributed by atoms with Gasteiger partial charge in [-0.15, -0.1) is 0 Å². The van der Waals surface area contributed by atoms with Gasteiger partial charge in [-0.2, -0.15) is 0 Å². The van der Waals surface area contributed by atoms with Crippen LogP contribution in [0.5, 0.6) is 0 Å². The first kappa shape index (κ1) is 16.9. The molecule has 1 fully saturated rings. The highest BCUT2D eigenvalue weighted by Gasteiger charge is 2.24. The van der Waals surface area contributed by atoms with Crippen LogP contribution >= 0.6 is 0 Å². The molecular weight excluding hydrogens is 312 g/mol. The molecule has 5 nitrogen and oxygen atoms in total. The summed E-state index contributed by atoms with van der Waals surface area (Å²) in [6.07, 6.45) is 0. The minimum Gasteiger partial charge on any atom is -0.355 e. The molecule has 0 saturated carbocycles. The van der Waals surface area contributed by atoms with Gasteiger partial charge >= 0.3 is 0 Å². The van der Waals surface area contributed by atoms with E-state index in [0.717, 1.165) is 22.5 Å². The highest BCUT2D eigenvalue weighted by molar-refractivity contribution is 6.11. The van der Waals surface area contributed by atoms with E-state index in [9.17, 15) is 4.79 Å². The molecule has 1 saturated heterocycles. The number of piperazine rings is 1. The van der Waals surface area contributed by atoms with E-state index in [0.29, 0.717) is 13.1 Å². The molecule has 128 valence electrons. The van der Waals surface area contributed by atoms with E-state index in [2.05, 4.69) is 10.6 Å². The van der Waals surface area contributed by atoms with E-state index < -0.39 is 0 Å². The fourth-order valence-corrected chi connectivity index (χ4v) is 2.82. The number of nitrogens with zero attached hydrogens (tertiary/aromatic N) is 1. The lowest BCUT2D eigenvalue weighted by molar-refractivity contribution is -0.127. The van der Waals surface area contributed by atoms with Crippen molar-refractivity contribution in [3.8, 4) is 0 Å². The minimum absolute atomic E-state index is 0.0669. The summed E-state index contributed by atoms with van der Waals surface area (Å²) >= 11 is 0. The van der Waals surface area contributed by atoms with E-state index in [-0.39, 0.29) is 18.3 Å². The second-order valence-electron chi connectivity index (χ2n) is 5.93. The molecule has 0 bridgehead atoms. The molecule has 1 aliphatic heterocycles. The van der Waals surface area contributed by atoms with Crippen LogP contribution in [0.25, 0.3) is 5.70 Å². The number of benzene rings is 2. The van der Waals surface area contributed by atoms with Crippen LogP contribution < -0.4 is 10.6 Å². The van der Waals surface area contributed by atoms with Gasteiger partial charge in [-0.25, -0.2) is 0 Å². The zero-order chi connectivity index (χ0) is 17.6. The molecule has 1 amide bonds. The van der Waals surface area contributed by atoms with Crippen molar-refractivity contribution in [3.63, 3.8) is 0 Å². The first-order valence-electron chi connectivity index (χ1n) is 8.35. The number of para-hydroxylation sites is 1. The third-order valence-electron chi connectivity index (χ3n) is 4.20. The van der Waals surface area contributed by atoms with Crippen LogP contribution in [0.1, 0.15) is 12.5 Å². The Hall–Kier alpha value is -2.92. The van der Waals surface area contributed by atoms with Crippen molar-refractivity contribution < 1.29 is 4.79 Å². The molecule has 0 aliphatic carbocycles. The summed E-state index contributed by atoms with van der Waals surface area (Å²) in [6, 6.07) is 19.8. The monoisotopic (exact) mass is 334 g/mol. The highest BCUT2D eigenvalue weighted by Crippen LogP contribution is 2.23. The average molecular weight is 334 g/mol. The lowest BCUT2D eigenvalue weighted by atomic mass is 10.0. The molecule has 0 spiro atoms. The zero-order valence-corrected chi connectivity index (χ0v) is 14.3. The second-order valence-corrected chi connectivity index (χ2v) is 5.93. The molecule has 25 heavy (non-hydrogen) atoms. The predicted molar refractivity (Wildman–Crippen MR) is 101 cm³/mol. The van der Waals surface area contributed by atoms with Crippen LogP contribution in [0.15, 0.2) is 66.2 Å². The lowest BCUT2D eigenvalue weighted by Crippen LogP contribution is -2.50. The van der Waals surface area contributed by atoms with Crippen molar-refractivity contribution >= 4 is 23.1 Å². The van der Waals surface area contributed by atoms with Gasteiger partial charge in [0.1, 0.15) is 5.84 Å². The van der Waals surface area contributed by atoms with Crippen LogP contribution in [0.4, 0.5) is 5.69 Å². The smallest absolute Gasteiger partial charge is 0.242 e. The van der Waals surface area contributed by atoms with Gasteiger partial charge in [0.25, 0.3) is 0 Å². The predicted octanol–water partition coefficient (Wildman–Crippen LogP) is 2.94. The molecule has 3 N–H and O–H groups in total. The van der Waals surface area contributed by atoms with E-state index >= 15 is 0 Å². The quantitative estimate of drug-likeness (QED) is 0.595. The Morgan fingerprint density at radius 1 is 1.08 bits per heavy atom. The van der Waals surface area contributed by atoms with Crippen LogP contribution in [-0.4, -0.2) is 36.3 Å². The number of hydrogen-bond acceptors (Lipinski definition) is 4. The Labute approximate surface area is 147 Å². The Bertz CT molecular complexity index is 784. The average Bonchev–Trinajstić information content (AvgIpc) is 2.67. The summed E-state index contributed by atoms with van der Waals surface area (Å²) in [5, 5.41) is 15.0. The number of amidine groups is 1. The van der Waals surface area contributed by atoms with Crippen molar-refractivity contribution in [2.24, 2.45) is 0 Å². The SMILES string of the molecule is C/C(C(=N)N1CCNCC1=O)=C(/Nc1ccccc1)c1ccccc1. The van der Waals surface area contributed by atoms with Gasteiger partial charge < -0.3 is 10.6 Å². The van der Waals surface area contributed by atoms with Gasteiger partial charge in [0, 0.05) is 24.4 Å². The molecule has 2 aromatic carbocycles. The molecule has 0 aromatic heterocycles. The largest absolute Gasteiger partial charge is 0.355 e. The van der Waals surface area contributed by atoms with Crippen molar-refractivity contribution in [2.75, 3.05) is 25.0 Å². The van der Waals surface area contributed by atoms with Gasteiger partial charge in [-0.1, -0.05) is 48.5 Å². The van der Waals surface area contributed by atoms with Crippen LogP contribution in [-0.2, 0) is 4.79 Å². The standard InChI is InChI=1S/C20H22N4O/c1-15(20(21)24-13-12-22-14-18(24)25)19(16-8-4-2-5-9-16)23-17-10-6-3-7-11-17/h2-11,21-23H,12-14H2,1H3/b19-15-,21-20?. The van der Waals surface area contributed by atoms with Crippen molar-refractivity contribution in [3.05, 3.63) is 71.8 Å². The molecule has 0 atom stereocenters. The van der Waals surface area contributed by atoms with Crippen molar-refractivity contribution in [1.82, 2.24) is 10.2 Å². The van der Waals surface area contributed by atoms with Crippen molar-refractivity contribution in [2.45, 2.75) is 6.92 Å². The Morgan fingerprint density at radius 2 is 1.72 bits per heavy atom. The molecule has 0 unspecified atom stereocenters. The number of amides is 1. The van der Waals surface area contributed by atoms with E-state index in [1.54, 1.807) is 4.90 Å². The van der Waals surface area contributed by atoms with Gasteiger partial charge in [0.05, 0.1) is 12.2 Å². The topological polar surface area (TPSA) is 68.2 Å². The number of anilines is 1. The Morgan fingerprint density at radius 3 is 2.36 bits per heavy atom. The normalized spacial score (nSPS) is 15.6. The summed E-state index contributed by atoms with van der Waals surface area (Å²) in [4.78, 5) is 13.7. The van der Waals surface area contributed by atoms with Gasteiger partial charge in [-0.05, 0) is 24.6 Å². The van der Waals surface area contributed by atoms with E-state index in [1.165, 1.54) is 0 Å². The zero-order valence-electron chi connectivity index (χ0n) is 14.3. The highest BCUT2D eigenvalue weighted by atomic mass is 16.2. The Kier molecular flexibility index (Phi) is 5.26. The molecule has 1 heterocycles. The Balaban J connectivity index is 1.98. The van der Waals surface area contributed by atoms with Gasteiger partial charge in [0.15, 0.2) is 0 Å². The van der Waals surface area contributed by atoms with Gasteiger partial charge in [0.2, 0.25) is 5.91 Å². The molecule has 1 aliphatic rings. The number of carbonyl (C=O) groups is 1. The first-order chi connectivity index (χ1) is 12.2. The number of rotatable bonds is 4. The minimum atomic E-state index is -0.0669. The summed E-state index contributed by atoms with van der Waals surface area (Å²) in [5.41, 5.74) is 3.50. The van der Waals surface area contributed by atoms with E-state index in [4.69, 9.17) is 5.41 Å². The maximum atomic E-state index is 12.1. The maximum Gasteiger partial charge on any atom is 0.242 e. The molecule has 0 radical (unpaired) electrons.